The van der Waals surface area contributed by atoms with Crippen LogP contribution in [0, 0.1) is 0 Å². The molecule has 1 amide bonds. The van der Waals surface area contributed by atoms with Crippen LogP contribution in [0.5, 0.6) is 11.5 Å². The molecule has 0 fully saturated rings. The summed E-state index contributed by atoms with van der Waals surface area (Å²) in [5.41, 5.74) is 1.81. The molecule has 1 aromatic heterocycles. The molecule has 7 nitrogen and oxygen atoms in total. The molecule has 0 saturated heterocycles. The van der Waals surface area contributed by atoms with Crippen LogP contribution in [0.3, 0.4) is 0 Å². The summed E-state index contributed by atoms with van der Waals surface area (Å²) in [5.74, 6) is 2.05. The number of aromatic hydroxyl groups is 1. The number of aromatic nitrogens is 3. The smallest absolute Gasteiger partial charge is 0.234 e. The quantitative estimate of drug-likeness (QED) is 0.412. The van der Waals surface area contributed by atoms with Crippen LogP contribution >= 0.6 is 11.8 Å². The van der Waals surface area contributed by atoms with Crippen molar-refractivity contribution in [2.45, 2.75) is 57.8 Å². The first-order valence-electron chi connectivity index (χ1n) is 10.7. The third kappa shape index (κ3) is 6.03. The number of benzene rings is 2. The van der Waals surface area contributed by atoms with E-state index < -0.39 is 0 Å². The zero-order chi connectivity index (χ0) is 23.3. The molecule has 8 heteroatoms. The van der Waals surface area contributed by atoms with Gasteiger partial charge in [0, 0.05) is 17.8 Å². The zero-order valence-corrected chi connectivity index (χ0v) is 19.9. The number of nitrogens with one attached hydrogen (secondary N) is 1. The molecule has 0 aliphatic rings. The number of phenolic OH excluding ortho intramolecular Hbond substituents is 1. The lowest BCUT2D eigenvalue weighted by Crippen LogP contribution is -2.16. The monoisotopic (exact) mass is 454 g/mol. The number of phenols is 1. The van der Waals surface area contributed by atoms with E-state index in [0.717, 1.165) is 5.75 Å². The van der Waals surface area contributed by atoms with Gasteiger partial charge in [-0.05, 0) is 56.5 Å². The van der Waals surface area contributed by atoms with Crippen molar-refractivity contribution in [1.82, 2.24) is 14.8 Å². The Kier molecular flexibility index (Phi) is 7.80. The number of carbonyl (C=O) groups is 1. The van der Waals surface area contributed by atoms with Gasteiger partial charge in [-0.25, -0.2) is 0 Å². The highest BCUT2D eigenvalue weighted by molar-refractivity contribution is 7.99. The number of ether oxygens (including phenoxy) is 1. The number of hydrogen-bond acceptors (Lipinski definition) is 6. The predicted molar refractivity (Wildman–Crippen MR) is 127 cm³/mol. The lowest BCUT2D eigenvalue weighted by Gasteiger charge is -2.19. The molecule has 3 aromatic rings. The van der Waals surface area contributed by atoms with Gasteiger partial charge in [-0.3, -0.25) is 4.79 Å². The van der Waals surface area contributed by atoms with E-state index in [1.54, 1.807) is 18.2 Å². The molecule has 0 spiro atoms. The van der Waals surface area contributed by atoms with Crippen molar-refractivity contribution in [2.24, 2.45) is 0 Å². The molecule has 1 atom stereocenters. The van der Waals surface area contributed by atoms with Crippen molar-refractivity contribution in [1.29, 1.82) is 0 Å². The third-order valence-electron chi connectivity index (χ3n) is 4.89. The molecular formula is C24H30N4O3S. The molecule has 0 radical (unpaired) electrons. The first-order valence-corrected chi connectivity index (χ1v) is 11.7. The highest BCUT2D eigenvalue weighted by atomic mass is 32.2. The summed E-state index contributed by atoms with van der Waals surface area (Å²) < 4.78 is 8.12. The lowest BCUT2D eigenvalue weighted by molar-refractivity contribution is -0.113. The molecule has 0 aliphatic heterocycles. The fourth-order valence-electron chi connectivity index (χ4n) is 3.25. The van der Waals surface area contributed by atoms with Crippen LogP contribution in [0.2, 0.25) is 0 Å². The molecule has 32 heavy (non-hydrogen) atoms. The Hall–Kier alpha value is -3.00. The summed E-state index contributed by atoms with van der Waals surface area (Å²) in [5, 5.41) is 21.6. The van der Waals surface area contributed by atoms with Crippen LogP contribution in [-0.4, -0.2) is 31.5 Å². The van der Waals surface area contributed by atoms with Crippen molar-refractivity contribution in [3.8, 4) is 11.5 Å². The topological polar surface area (TPSA) is 89.3 Å². The van der Waals surface area contributed by atoms with Crippen molar-refractivity contribution >= 4 is 23.4 Å². The van der Waals surface area contributed by atoms with E-state index in [4.69, 9.17) is 4.74 Å². The first-order chi connectivity index (χ1) is 15.2. The van der Waals surface area contributed by atoms with E-state index in [9.17, 15) is 9.90 Å². The second-order valence-electron chi connectivity index (χ2n) is 8.18. The molecule has 2 N–H and O–H groups in total. The average Bonchev–Trinajstić information content (AvgIpc) is 3.17. The van der Waals surface area contributed by atoms with Crippen LogP contribution < -0.4 is 10.1 Å². The van der Waals surface area contributed by atoms with Crippen molar-refractivity contribution < 1.29 is 14.6 Å². The Balaban J connectivity index is 1.67. The van der Waals surface area contributed by atoms with Gasteiger partial charge in [0.05, 0.1) is 5.75 Å². The number of thioether (sulfide) groups is 1. The average molecular weight is 455 g/mol. The van der Waals surface area contributed by atoms with Crippen LogP contribution in [-0.2, 0) is 4.79 Å². The summed E-state index contributed by atoms with van der Waals surface area (Å²) in [6.45, 7) is 10.4. The first kappa shape index (κ1) is 23.7. The van der Waals surface area contributed by atoms with E-state index in [2.05, 4.69) is 41.5 Å². The number of rotatable bonds is 9. The second kappa shape index (κ2) is 10.5. The maximum atomic E-state index is 12.3. The molecule has 1 unspecified atom stereocenters. The van der Waals surface area contributed by atoms with Crippen molar-refractivity contribution in [2.75, 3.05) is 11.1 Å². The highest BCUT2D eigenvalue weighted by Gasteiger charge is 2.22. The number of amides is 1. The molecule has 170 valence electrons. The Morgan fingerprint density at radius 3 is 2.44 bits per heavy atom. The van der Waals surface area contributed by atoms with Gasteiger partial charge < -0.3 is 19.7 Å². The largest absolute Gasteiger partial charge is 0.508 e. The number of anilines is 1. The van der Waals surface area contributed by atoms with Gasteiger partial charge in [0.1, 0.15) is 11.5 Å². The molecule has 0 saturated carbocycles. The maximum absolute atomic E-state index is 12.3. The molecule has 3 rings (SSSR count). The summed E-state index contributed by atoms with van der Waals surface area (Å²) >= 11 is 1.32. The molecule has 1 heterocycles. The van der Waals surface area contributed by atoms with E-state index in [1.807, 2.05) is 37.5 Å². The van der Waals surface area contributed by atoms with Gasteiger partial charge in [-0.2, -0.15) is 0 Å². The Morgan fingerprint density at radius 1 is 1.09 bits per heavy atom. The minimum atomic E-state index is -0.301. The van der Waals surface area contributed by atoms with E-state index >= 15 is 0 Å². The lowest BCUT2D eigenvalue weighted by atomic mass is 10.0. The SMILES string of the molecule is CC(C)c1ccc(OC(C)c2nnc(SCC(=O)Nc3cccc(O)c3)n2C(C)C)cc1. The zero-order valence-electron chi connectivity index (χ0n) is 19.1. The highest BCUT2D eigenvalue weighted by Crippen LogP contribution is 2.28. The number of carbonyl (C=O) groups excluding carboxylic acids is 1. The van der Waals surface area contributed by atoms with Gasteiger partial charge in [0.25, 0.3) is 0 Å². The van der Waals surface area contributed by atoms with Gasteiger partial charge in [-0.15, -0.1) is 10.2 Å². The van der Waals surface area contributed by atoms with Crippen LogP contribution in [0.25, 0.3) is 0 Å². The van der Waals surface area contributed by atoms with E-state index in [0.29, 0.717) is 22.6 Å². The minimum absolute atomic E-state index is 0.103. The van der Waals surface area contributed by atoms with E-state index in [-0.39, 0.29) is 29.6 Å². The standard InChI is InChI=1S/C24H30N4O3S/c1-15(2)18-9-11-21(12-10-18)31-17(5)23-26-27-24(28(23)16(3)4)32-14-22(30)25-19-7-6-8-20(29)13-19/h6-13,15-17,29H,14H2,1-5H3,(H,25,30). The maximum Gasteiger partial charge on any atom is 0.234 e. The van der Waals surface area contributed by atoms with Gasteiger partial charge in [0.15, 0.2) is 17.1 Å². The summed E-state index contributed by atoms with van der Waals surface area (Å²) in [4.78, 5) is 12.3. The van der Waals surface area contributed by atoms with Gasteiger partial charge in [0.2, 0.25) is 5.91 Å². The third-order valence-corrected chi connectivity index (χ3v) is 5.84. The molecule has 2 aromatic carbocycles. The second-order valence-corrected chi connectivity index (χ2v) is 9.12. The minimum Gasteiger partial charge on any atom is -0.508 e. The predicted octanol–water partition coefficient (Wildman–Crippen LogP) is 5.56. The summed E-state index contributed by atoms with van der Waals surface area (Å²) in [6, 6.07) is 14.7. The van der Waals surface area contributed by atoms with Crippen LogP contribution in [0.15, 0.2) is 53.7 Å². The van der Waals surface area contributed by atoms with Gasteiger partial charge >= 0.3 is 0 Å². The summed E-state index contributed by atoms with van der Waals surface area (Å²) in [6.07, 6.45) is -0.301. The van der Waals surface area contributed by atoms with Crippen molar-refractivity contribution in [3.05, 3.63) is 59.9 Å². The summed E-state index contributed by atoms with van der Waals surface area (Å²) in [7, 11) is 0. The fraction of sp³-hybridized carbons (Fsp3) is 0.375. The van der Waals surface area contributed by atoms with Crippen LogP contribution in [0.4, 0.5) is 5.69 Å². The normalized spacial score (nSPS) is 12.2. The Labute approximate surface area is 193 Å². The number of hydrogen-bond donors (Lipinski definition) is 2. The fourth-order valence-corrected chi connectivity index (χ4v) is 4.12. The Morgan fingerprint density at radius 2 is 1.81 bits per heavy atom. The van der Waals surface area contributed by atoms with Crippen molar-refractivity contribution in [3.63, 3.8) is 0 Å². The van der Waals surface area contributed by atoms with E-state index in [1.165, 1.54) is 23.4 Å². The van der Waals surface area contributed by atoms with Crippen LogP contribution in [0.1, 0.15) is 64.1 Å². The molecule has 0 aliphatic carbocycles. The number of nitrogens with zero attached hydrogens (tertiary/aromatic N) is 3. The Bertz CT molecular complexity index is 1050. The molecular weight excluding hydrogens is 424 g/mol. The van der Waals surface area contributed by atoms with Gasteiger partial charge in [-0.1, -0.05) is 43.8 Å². The molecule has 0 bridgehead atoms.